The van der Waals surface area contributed by atoms with E-state index in [9.17, 15) is 0 Å². The average Bonchev–Trinajstić information content (AvgIpc) is 2.60. The first-order valence-corrected chi connectivity index (χ1v) is 7.45. The van der Waals surface area contributed by atoms with Gasteiger partial charge < -0.3 is 24.8 Å². The summed E-state index contributed by atoms with van der Waals surface area (Å²) in [5, 5.41) is 22.1. The lowest BCUT2D eigenvalue weighted by Crippen LogP contribution is -2.20. The lowest BCUT2D eigenvalue weighted by Gasteiger charge is -2.11. The van der Waals surface area contributed by atoms with Gasteiger partial charge in [0, 0.05) is 11.9 Å². The molecule has 0 radical (unpaired) electrons. The number of hydrogen-bond donors (Lipinski definition) is 3. The van der Waals surface area contributed by atoms with E-state index in [1.165, 1.54) is 0 Å². The maximum absolute atomic E-state index is 9.01. The lowest BCUT2D eigenvalue weighted by molar-refractivity contribution is 0.289. The van der Waals surface area contributed by atoms with E-state index in [1.807, 2.05) is 42.5 Å². The van der Waals surface area contributed by atoms with Crippen molar-refractivity contribution in [1.82, 2.24) is 4.98 Å². The van der Waals surface area contributed by atoms with E-state index < -0.39 is 7.32 Å². The van der Waals surface area contributed by atoms with Crippen LogP contribution in [0.5, 0.6) is 11.5 Å². The average molecular weight is 324 g/mol. The highest BCUT2D eigenvalue weighted by molar-refractivity contribution is 6.34. The Balaban J connectivity index is 1.79. The fourth-order valence-corrected chi connectivity index (χ4v) is 2.36. The predicted molar refractivity (Wildman–Crippen MR) is 92.9 cm³/mol. The highest BCUT2D eigenvalue weighted by atomic mass is 16.6. The topological polar surface area (TPSA) is 83.8 Å². The Morgan fingerprint density at radius 2 is 1.83 bits per heavy atom. The first-order chi connectivity index (χ1) is 11.7. The van der Waals surface area contributed by atoms with Crippen LogP contribution in [0.25, 0.3) is 10.9 Å². The van der Waals surface area contributed by atoms with E-state index in [0.29, 0.717) is 23.6 Å². The Morgan fingerprint density at radius 3 is 2.54 bits per heavy atom. The minimum Gasteiger partial charge on any atom is -0.510 e. The SMILES string of the molecule is COc1ccc(CNc2ccc3cccc(OB(O)O)c3n2)cc1. The molecule has 2 aromatic carbocycles. The summed E-state index contributed by atoms with van der Waals surface area (Å²) in [5.41, 5.74) is 1.65. The molecule has 0 aliphatic heterocycles. The summed E-state index contributed by atoms with van der Waals surface area (Å²) in [6.45, 7) is 0.605. The van der Waals surface area contributed by atoms with Gasteiger partial charge >= 0.3 is 7.32 Å². The van der Waals surface area contributed by atoms with Gasteiger partial charge in [-0.2, -0.15) is 0 Å². The number of aromatic nitrogens is 1. The molecular weight excluding hydrogens is 307 g/mol. The molecule has 1 aromatic heterocycles. The van der Waals surface area contributed by atoms with E-state index in [4.69, 9.17) is 19.4 Å². The number of nitrogens with zero attached hydrogens (tertiary/aromatic N) is 1. The number of fused-ring (bicyclic) bond motifs is 1. The number of rotatable bonds is 6. The van der Waals surface area contributed by atoms with Gasteiger partial charge in [-0.15, -0.1) is 0 Å². The number of hydrogen-bond acceptors (Lipinski definition) is 6. The largest absolute Gasteiger partial charge is 0.707 e. The Morgan fingerprint density at radius 1 is 1.04 bits per heavy atom. The van der Waals surface area contributed by atoms with Gasteiger partial charge in [0.1, 0.15) is 22.8 Å². The van der Waals surface area contributed by atoms with Gasteiger partial charge in [0.15, 0.2) is 0 Å². The molecule has 3 N–H and O–H groups in total. The monoisotopic (exact) mass is 324 g/mol. The highest BCUT2D eigenvalue weighted by Gasteiger charge is 2.14. The molecule has 122 valence electrons. The molecule has 3 rings (SSSR count). The van der Waals surface area contributed by atoms with Crippen molar-refractivity contribution in [2.45, 2.75) is 6.54 Å². The molecular formula is C17H17BN2O4. The molecule has 0 amide bonds. The van der Waals surface area contributed by atoms with Crippen molar-refractivity contribution in [3.63, 3.8) is 0 Å². The maximum atomic E-state index is 9.01. The molecule has 0 fully saturated rings. The number of benzene rings is 2. The molecule has 0 spiro atoms. The fraction of sp³-hybridized carbons (Fsp3) is 0.118. The smallest absolute Gasteiger partial charge is 0.510 e. The van der Waals surface area contributed by atoms with Crippen molar-refractivity contribution in [1.29, 1.82) is 0 Å². The number of methoxy groups -OCH3 is 1. The number of nitrogens with one attached hydrogen (secondary N) is 1. The molecule has 0 saturated carbocycles. The third-order valence-electron chi connectivity index (χ3n) is 3.55. The van der Waals surface area contributed by atoms with E-state index in [0.717, 1.165) is 16.7 Å². The second-order valence-corrected chi connectivity index (χ2v) is 5.17. The molecule has 1 heterocycles. The first-order valence-electron chi connectivity index (χ1n) is 7.45. The van der Waals surface area contributed by atoms with Crippen LogP contribution < -0.4 is 14.7 Å². The standard InChI is InChI=1S/C17H17BN2O4/c1-23-14-8-5-12(6-9-14)11-19-16-10-7-13-3-2-4-15(17(13)20-16)24-18(21)22/h2-10,21-22H,11H2,1H3,(H,19,20). The molecule has 0 bridgehead atoms. The summed E-state index contributed by atoms with van der Waals surface area (Å²) in [6, 6.07) is 16.8. The van der Waals surface area contributed by atoms with Crippen LogP contribution >= 0.6 is 0 Å². The van der Waals surface area contributed by atoms with Gasteiger partial charge in [-0.3, -0.25) is 0 Å². The van der Waals surface area contributed by atoms with Crippen molar-refractivity contribution >= 4 is 24.0 Å². The summed E-state index contributed by atoms with van der Waals surface area (Å²) in [7, 11) is -0.247. The van der Waals surface area contributed by atoms with Crippen molar-refractivity contribution in [3.8, 4) is 11.5 Å². The van der Waals surface area contributed by atoms with Crippen LogP contribution in [0.2, 0.25) is 0 Å². The van der Waals surface area contributed by atoms with Gasteiger partial charge in [0.25, 0.3) is 0 Å². The molecule has 0 unspecified atom stereocenters. The van der Waals surface area contributed by atoms with Crippen LogP contribution in [0.3, 0.4) is 0 Å². The highest BCUT2D eigenvalue weighted by Crippen LogP contribution is 2.25. The molecule has 0 atom stereocenters. The van der Waals surface area contributed by atoms with Crippen molar-refractivity contribution in [2.75, 3.05) is 12.4 Å². The first kappa shape index (κ1) is 16.1. The van der Waals surface area contributed by atoms with Gasteiger partial charge in [0.05, 0.1) is 7.11 Å². The molecule has 0 saturated heterocycles. The van der Waals surface area contributed by atoms with Gasteiger partial charge in [-0.25, -0.2) is 4.98 Å². The summed E-state index contributed by atoms with van der Waals surface area (Å²) >= 11 is 0. The molecule has 6 nitrogen and oxygen atoms in total. The lowest BCUT2D eigenvalue weighted by atomic mass is 10.1. The van der Waals surface area contributed by atoms with Crippen LogP contribution in [-0.2, 0) is 6.54 Å². The molecule has 3 aromatic rings. The number of ether oxygens (including phenoxy) is 1. The summed E-state index contributed by atoms with van der Waals surface area (Å²) in [6.07, 6.45) is 0. The zero-order valence-electron chi connectivity index (χ0n) is 13.1. The minimum atomic E-state index is -1.88. The summed E-state index contributed by atoms with van der Waals surface area (Å²) in [5.74, 6) is 1.80. The van der Waals surface area contributed by atoms with E-state index in [1.54, 1.807) is 19.2 Å². The van der Waals surface area contributed by atoms with Crippen LogP contribution in [0, 0.1) is 0 Å². The van der Waals surface area contributed by atoms with Crippen LogP contribution in [0.1, 0.15) is 5.56 Å². The normalized spacial score (nSPS) is 10.5. The van der Waals surface area contributed by atoms with E-state index in [-0.39, 0.29) is 0 Å². The zero-order chi connectivity index (χ0) is 16.9. The minimum absolute atomic E-state index is 0.315. The van der Waals surface area contributed by atoms with Gasteiger partial charge in [-0.1, -0.05) is 24.3 Å². The third-order valence-corrected chi connectivity index (χ3v) is 3.55. The van der Waals surface area contributed by atoms with E-state index in [2.05, 4.69) is 10.3 Å². The Kier molecular flexibility index (Phi) is 4.83. The van der Waals surface area contributed by atoms with Crippen molar-refractivity contribution < 1.29 is 19.4 Å². The zero-order valence-corrected chi connectivity index (χ0v) is 13.1. The van der Waals surface area contributed by atoms with Crippen LogP contribution in [0.4, 0.5) is 5.82 Å². The van der Waals surface area contributed by atoms with Gasteiger partial charge in [0.2, 0.25) is 0 Å². The Labute approximate surface area is 139 Å². The Hall–Kier alpha value is -2.77. The molecule has 0 aliphatic carbocycles. The van der Waals surface area contributed by atoms with E-state index >= 15 is 0 Å². The molecule has 0 aliphatic rings. The number of pyridine rings is 1. The molecule has 24 heavy (non-hydrogen) atoms. The second-order valence-electron chi connectivity index (χ2n) is 5.17. The third kappa shape index (κ3) is 3.76. The quantitative estimate of drug-likeness (QED) is 0.603. The molecule has 7 heteroatoms. The fourth-order valence-electron chi connectivity index (χ4n) is 2.36. The van der Waals surface area contributed by atoms with Crippen LogP contribution in [-0.4, -0.2) is 29.5 Å². The predicted octanol–water partition coefficient (Wildman–Crippen LogP) is 2.20. The Bertz CT molecular complexity index is 824. The second kappa shape index (κ2) is 7.20. The van der Waals surface area contributed by atoms with Crippen molar-refractivity contribution in [3.05, 3.63) is 60.2 Å². The summed E-state index contributed by atoms with van der Waals surface area (Å²) < 4.78 is 10.1. The van der Waals surface area contributed by atoms with Gasteiger partial charge in [-0.05, 0) is 35.9 Å². The number of anilines is 1. The number of para-hydroxylation sites is 1. The summed E-state index contributed by atoms with van der Waals surface area (Å²) in [4.78, 5) is 4.49. The van der Waals surface area contributed by atoms with Crippen molar-refractivity contribution in [2.24, 2.45) is 0 Å². The van der Waals surface area contributed by atoms with Crippen LogP contribution in [0.15, 0.2) is 54.6 Å². The maximum Gasteiger partial charge on any atom is 0.707 e.